The van der Waals surface area contributed by atoms with Gasteiger partial charge in [0, 0.05) is 12.2 Å². The second kappa shape index (κ2) is 4.29. The molecule has 0 aromatic carbocycles. The number of nitrogens with one attached hydrogen (secondary N) is 1. The van der Waals surface area contributed by atoms with Crippen molar-refractivity contribution >= 4 is 17.5 Å². The van der Waals surface area contributed by atoms with Crippen LogP contribution in [0.15, 0.2) is 18.2 Å². The van der Waals surface area contributed by atoms with Crippen LogP contribution in [0.25, 0.3) is 5.65 Å². The summed E-state index contributed by atoms with van der Waals surface area (Å²) >= 11 is 0. The Labute approximate surface area is 105 Å². The fourth-order valence-corrected chi connectivity index (χ4v) is 1.50. The summed E-state index contributed by atoms with van der Waals surface area (Å²) in [4.78, 5) is 15.5. The number of aromatic nitrogens is 3. The smallest absolute Gasteiger partial charge is 0.243 e. The third kappa shape index (κ3) is 2.27. The first-order chi connectivity index (χ1) is 8.40. The molecule has 0 bridgehead atoms. The van der Waals surface area contributed by atoms with E-state index in [0.29, 0.717) is 12.5 Å². The number of carbonyl (C=O) groups is 1. The maximum Gasteiger partial charge on any atom is 0.243 e. The summed E-state index contributed by atoms with van der Waals surface area (Å²) in [6.07, 6.45) is 0. The van der Waals surface area contributed by atoms with Gasteiger partial charge in [0.1, 0.15) is 0 Å². The first-order valence-electron chi connectivity index (χ1n) is 5.76. The highest BCUT2D eigenvalue weighted by atomic mass is 16.1. The summed E-state index contributed by atoms with van der Waals surface area (Å²) in [6, 6.07) is 5.76. The number of pyridine rings is 1. The third-order valence-electron chi connectivity index (χ3n) is 2.90. The van der Waals surface area contributed by atoms with Gasteiger partial charge in [-0.15, -0.1) is 5.10 Å². The van der Waals surface area contributed by atoms with Crippen molar-refractivity contribution in [3.63, 3.8) is 0 Å². The molecule has 0 saturated heterocycles. The number of hydrogen-bond acceptors (Lipinski definition) is 4. The van der Waals surface area contributed by atoms with Gasteiger partial charge in [-0.05, 0) is 32.9 Å². The second-order valence-electron chi connectivity index (χ2n) is 4.97. The minimum atomic E-state index is -0.632. The molecule has 3 N–H and O–H groups in total. The van der Waals surface area contributed by atoms with E-state index in [9.17, 15) is 4.79 Å². The molecule has 0 fully saturated rings. The molecule has 0 aliphatic heterocycles. The van der Waals surface area contributed by atoms with Crippen molar-refractivity contribution in [2.75, 3.05) is 11.9 Å². The maximum absolute atomic E-state index is 11.2. The summed E-state index contributed by atoms with van der Waals surface area (Å²) in [5.74, 6) is 0.147. The van der Waals surface area contributed by atoms with Crippen LogP contribution in [0.4, 0.5) is 5.95 Å². The van der Waals surface area contributed by atoms with E-state index in [4.69, 9.17) is 5.73 Å². The van der Waals surface area contributed by atoms with E-state index in [1.807, 2.05) is 25.1 Å². The van der Waals surface area contributed by atoms with Crippen LogP contribution < -0.4 is 11.1 Å². The van der Waals surface area contributed by atoms with Crippen LogP contribution in [-0.2, 0) is 4.79 Å². The molecule has 1 amide bonds. The highest BCUT2D eigenvalue weighted by Crippen LogP contribution is 2.15. The Morgan fingerprint density at radius 2 is 2.22 bits per heavy atom. The lowest BCUT2D eigenvalue weighted by molar-refractivity contribution is -0.125. The lowest BCUT2D eigenvalue weighted by atomic mass is 9.93. The van der Waals surface area contributed by atoms with Crippen LogP contribution in [0.2, 0.25) is 0 Å². The first kappa shape index (κ1) is 12.3. The number of fused-ring (bicyclic) bond motifs is 1. The number of amides is 1. The fraction of sp³-hybridized carbons (Fsp3) is 0.417. The highest BCUT2D eigenvalue weighted by Gasteiger charge is 2.25. The van der Waals surface area contributed by atoms with Crippen LogP contribution in [0.3, 0.4) is 0 Å². The van der Waals surface area contributed by atoms with Crippen molar-refractivity contribution < 1.29 is 4.79 Å². The Bertz CT molecular complexity index is 587. The SMILES string of the molecule is Cc1cccc2nc(NCC(C)(C)C(N)=O)nn12. The number of anilines is 1. The molecule has 6 nitrogen and oxygen atoms in total. The lowest BCUT2D eigenvalue weighted by Gasteiger charge is -2.19. The van der Waals surface area contributed by atoms with E-state index in [-0.39, 0.29) is 5.91 Å². The van der Waals surface area contributed by atoms with Crippen molar-refractivity contribution in [1.29, 1.82) is 0 Å². The first-order valence-corrected chi connectivity index (χ1v) is 5.76. The van der Waals surface area contributed by atoms with E-state index in [1.165, 1.54) is 0 Å². The molecule has 6 heteroatoms. The van der Waals surface area contributed by atoms with Gasteiger partial charge in [-0.2, -0.15) is 4.98 Å². The molecule has 0 aliphatic carbocycles. The number of carbonyl (C=O) groups excluding carboxylic acids is 1. The molecule has 0 spiro atoms. The molecule has 96 valence electrons. The van der Waals surface area contributed by atoms with Crippen LogP contribution >= 0.6 is 0 Å². The molecule has 18 heavy (non-hydrogen) atoms. The number of aryl methyl sites for hydroxylation is 1. The Balaban J connectivity index is 2.18. The third-order valence-corrected chi connectivity index (χ3v) is 2.90. The average molecular weight is 247 g/mol. The van der Waals surface area contributed by atoms with Gasteiger partial charge >= 0.3 is 0 Å². The largest absolute Gasteiger partial charge is 0.369 e. The summed E-state index contributed by atoms with van der Waals surface area (Å²) < 4.78 is 1.75. The normalized spacial score (nSPS) is 11.7. The van der Waals surface area contributed by atoms with Crippen LogP contribution in [-0.4, -0.2) is 27.0 Å². The molecule has 2 aromatic rings. The minimum absolute atomic E-state index is 0.352. The molecule has 0 atom stereocenters. The predicted octanol–water partition coefficient (Wildman–Crippen LogP) is 0.961. The predicted molar refractivity (Wildman–Crippen MR) is 69.2 cm³/mol. The van der Waals surface area contributed by atoms with Crippen LogP contribution in [0.1, 0.15) is 19.5 Å². The number of hydrogen-bond donors (Lipinski definition) is 2. The summed E-state index contributed by atoms with van der Waals surface area (Å²) in [5.41, 5.74) is 6.45. The molecular formula is C12H17N5O. The Hall–Kier alpha value is -2.11. The molecule has 2 heterocycles. The van der Waals surface area contributed by atoms with E-state index in [0.717, 1.165) is 11.3 Å². The monoisotopic (exact) mass is 247 g/mol. The number of nitrogens with two attached hydrogens (primary N) is 1. The quantitative estimate of drug-likeness (QED) is 0.842. The van der Waals surface area contributed by atoms with E-state index < -0.39 is 5.41 Å². The van der Waals surface area contributed by atoms with Gasteiger partial charge in [0.25, 0.3) is 0 Å². The molecule has 0 aliphatic rings. The summed E-state index contributed by atoms with van der Waals surface area (Å²) in [7, 11) is 0. The molecular weight excluding hydrogens is 230 g/mol. The van der Waals surface area contributed by atoms with Gasteiger partial charge in [-0.25, -0.2) is 4.52 Å². The minimum Gasteiger partial charge on any atom is -0.369 e. The average Bonchev–Trinajstić information content (AvgIpc) is 2.71. The van der Waals surface area contributed by atoms with Gasteiger partial charge in [-0.1, -0.05) is 6.07 Å². The van der Waals surface area contributed by atoms with Crippen LogP contribution in [0.5, 0.6) is 0 Å². The standard InChI is InChI=1S/C12H17N5O/c1-8-5-4-6-9-15-11(16-17(8)9)14-7-12(2,3)10(13)18/h4-6H,7H2,1-3H3,(H2,13,18)(H,14,16). The zero-order chi connectivity index (χ0) is 13.3. The number of nitrogens with zero attached hydrogens (tertiary/aromatic N) is 3. The van der Waals surface area contributed by atoms with Crippen molar-refractivity contribution in [3.05, 3.63) is 23.9 Å². The highest BCUT2D eigenvalue weighted by molar-refractivity contribution is 5.80. The van der Waals surface area contributed by atoms with Crippen molar-refractivity contribution in [2.45, 2.75) is 20.8 Å². The Kier molecular flexibility index (Phi) is 2.94. The number of primary amides is 1. The molecule has 2 aromatic heterocycles. The van der Waals surface area contributed by atoms with E-state index in [1.54, 1.807) is 18.4 Å². The topological polar surface area (TPSA) is 85.3 Å². The number of rotatable bonds is 4. The van der Waals surface area contributed by atoms with Gasteiger partial charge in [0.15, 0.2) is 5.65 Å². The zero-order valence-electron chi connectivity index (χ0n) is 10.8. The lowest BCUT2D eigenvalue weighted by Crippen LogP contribution is -2.37. The molecule has 2 rings (SSSR count). The van der Waals surface area contributed by atoms with Gasteiger partial charge < -0.3 is 11.1 Å². The van der Waals surface area contributed by atoms with Crippen LogP contribution in [0, 0.1) is 12.3 Å². The van der Waals surface area contributed by atoms with Crippen molar-refractivity contribution in [2.24, 2.45) is 11.1 Å². The Morgan fingerprint density at radius 3 is 2.83 bits per heavy atom. The van der Waals surface area contributed by atoms with Gasteiger partial charge in [0.05, 0.1) is 5.41 Å². The molecule has 0 radical (unpaired) electrons. The van der Waals surface area contributed by atoms with Gasteiger partial charge in [-0.3, -0.25) is 4.79 Å². The van der Waals surface area contributed by atoms with Crippen molar-refractivity contribution in [1.82, 2.24) is 14.6 Å². The maximum atomic E-state index is 11.2. The second-order valence-corrected chi connectivity index (χ2v) is 4.97. The Morgan fingerprint density at radius 1 is 1.50 bits per heavy atom. The zero-order valence-corrected chi connectivity index (χ0v) is 10.8. The summed E-state index contributed by atoms with van der Waals surface area (Å²) in [5, 5.41) is 7.36. The van der Waals surface area contributed by atoms with E-state index in [2.05, 4.69) is 15.4 Å². The fourth-order valence-electron chi connectivity index (χ4n) is 1.50. The van der Waals surface area contributed by atoms with Gasteiger partial charge in [0.2, 0.25) is 11.9 Å². The molecule has 0 unspecified atom stereocenters. The van der Waals surface area contributed by atoms with Crippen molar-refractivity contribution in [3.8, 4) is 0 Å². The van der Waals surface area contributed by atoms with E-state index >= 15 is 0 Å². The summed E-state index contributed by atoms with van der Waals surface area (Å²) in [6.45, 7) is 5.92. The molecule has 0 saturated carbocycles.